The van der Waals surface area contributed by atoms with E-state index in [1.165, 1.54) is 10.1 Å². The van der Waals surface area contributed by atoms with Gasteiger partial charge in [0, 0.05) is 29.4 Å². The Hall–Kier alpha value is -1.62. The summed E-state index contributed by atoms with van der Waals surface area (Å²) in [4.78, 5) is 18.3. The number of anilines is 1. The van der Waals surface area contributed by atoms with Gasteiger partial charge in [0.1, 0.15) is 5.82 Å². The number of pyridine rings is 1. The molecule has 1 fully saturated rings. The SMILES string of the molecule is CC(C)(C(=O)O)C1CCCN(c2nccc3sccc23)C1. The smallest absolute Gasteiger partial charge is 0.309 e. The molecular weight excluding hydrogens is 284 g/mol. The fourth-order valence-corrected chi connectivity index (χ4v) is 3.84. The Kier molecular flexibility index (Phi) is 3.61. The minimum Gasteiger partial charge on any atom is -0.481 e. The number of aromatic nitrogens is 1. The fraction of sp³-hybridized carbons (Fsp3) is 0.500. The lowest BCUT2D eigenvalue weighted by Crippen LogP contribution is -2.45. The van der Waals surface area contributed by atoms with Crippen molar-refractivity contribution in [3.63, 3.8) is 0 Å². The molecule has 0 aromatic carbocycles. The predicted octanol–water partition coefficient (Wildman–Crippen LogP) is 3.62. The minimum absolute atomic E-state index is 0.152. The summed E-state index contributed by atoms with van der Waals surface area (Å²) in [5, 5.41) is 12.7. The largest absolute Gasteiger partial charge is 0.481 e. The molecule has 1 atom stereocenters. The van der Waals surface area contributed by atoms with Gasteiger partial charge in [-0.05, 0) is 50.1 Å². The molecule has 0 radical (unpaired) electrons. The van der Waals surface area contributed by atoms with E-state index in [9.17, 15) is 9.90 Å². The van der Waals surface area contributed by atoms with Crippen molar-refractivity contribution >= 4 is 33.2 Å². The van der Waals surface area contributed by atoms with Crippen LogP contribution in [0.25, 0.3) is 10.1 Å². The van der Waals surface area contributed by atoms with Gasteiger partial charge in [0.2, 0.25) is 0 Å². The lowest BCUT2D eigenvalue weighted by Gasteiger charge is -2.40. The maximum Gasteiger partial charge on any atom is 0.309 e. The van der Waals surface area contributed by atoms with Gasteiger partial charge >= 0.3 is 5.97 Å². The molecule has 112 valence electrons. The molecule has 1 saturated heterocycles. The van der Waals surface area contributed by atoms with Gasteiger partial charge in [-0.2, -0.15) is 0 Å². The summed E-state index contributed by atoms with van der Waals surface area (Å²) in [6.07, 6.45) is 3.83. The number of hydrogen-bond donors (Lipinski definition) is 1. The van der Waals surface area contributed by atoms with Gasteiger partial charge in [0.15, 0.2) is 0 Å². The molecule has 1 N–H and O–H groups in total. The van der Waals surface area contributed by atoms with Crippen molar-refractivity contribution < 1.29 is 9.90 Å². The Labute approximate surface area is 128 Å². The van der Waals surface area contributed by atoms with E-state index in [1.807, 2.05) is 26.1 Å². The van der Waals surface area contributed by atoms with E-state index in [0.29, 0.717) is 0 Å². The van der Waals surface area contributed by atoms with E-state index in [2.05, 4.69) is 21.3 Å². The van der Waals surface area contributed by atoms with E-state index in [4.69, 9.17) is 0 Å². The highest BCUT2D eigenvalue weighted by Crippen LogP contribution is 2.37. The highest BCUT2D eigenvalue weighted by molar-refractivity contribution is 7.17. The Bertz CT molecular complexity index is 665. The molecule has 1 unspecified atom stereocenters. The molecular formula is C16H20N2O2S. The molecule has 0 amide bonds. The summed E-state index contributed by atoms with van der Waals surface area (Å²) in [5.74, 6) is 0.440. The first kappa shape index (κ1) is 14.3. The molecule has 21 heavy (non-hydrogen) atoms. The summed E-state index contributed by atoms with van der Waals surface area (Å²) >= 11 is 1.72. The van der Waals surface area contributed by atoms with Crippen LogP contribution in [0.5, 0.6) is 0 Å². The van der Waals surface area contributed by atoms with E-state index >= 15 is 0 Å². The third-order valence-corrected chi connectivity index (χ3v) is 5.53. The molecule has 0 aliphatic carbocycles. The number of carboxylic acid groups (broad SMARTS) is 1. The number of piperidine rings is 1. The van der Waals surface area contributed by atoms with Crippen molar-refractivity contribution in [2.24, 2.45) is 11.3 Å². The van der Waals surface area contributed by atoms with Crippen molar-refractivity contribution in [2.45, 2.75) is 26.7 Å². The maximum absolute atomic E-state index is 11.5. The summed E-state index contributed by atoms with van der Waals surface area (Å²) < 4.78 is 1.24. The number of aliphatic carboxylic acids is 1. The Morgan fingerprint density at radius 2 is 2.29 bits per heavy atom. The van der Waals surface area contributed by atoms with Gasteiger partial charge in [-0.3, -0.25) is 4.79 Å². The first-order chi connectivity index (χ1) is 10.00. The molecule has 2 aromatic heterocycles. The lowest BCUT2D eigenvalue weighted by molar-refractivity contribution is -0.150. The van der Waals surface area contributed by atoms with Gasteiger partial charge in [-0.25, -0.2) is 4.98 Å². The minimum atomic E-state index is -0.712. The normalized spacial score (nSPS) is 19.9. The third kappa shape index (κ3) is 2.50. The second-order valence-corrected chi connectivity index (χ2v) is 7.23. The first-order valence-corrected chi connectivity index (χ1v) is 8.18. The highest BCUT2D eigenvalue weighted by atomic mass is 32.1. The number of carboxylic acids is 1. The number of nitrogens with zero attached hydrogens (tertiary/aromatic N) is 2. The third-order valence-electron chi connectivity index (χ3n) is 4.65. The topological polar surface area (TPSA) is 53.4 Å². The molecule has 1 aliphatic rings. The van der Waals surface area contributed by atoms with Crippen LogP contribution in [-0.4, -0.2) is 29.1 Å². The summed E-state index contributed by atoms with van der Waals surface area (Å²) in [5.41, 5.74) is -0.693. The molecule has 0 spiro atoms. The fourth-order valence-electron chi connectivity index (χ4n) is 3.07. The van der Waals surface area contributed by atoms with Crippen LogP contribution in [-0.2, 0) is 4.79 Å². The van der Waals surface area contributed by atoms with Crippen LogP contribution in [0, 0.1) is 11.3 Å². The molecule has 5 heteroatoms. The van der Waals surface area contributed by atoms with Gasteiger partial charge in [0.25, 0.3) is 0 Å². The highest BCUT2D eigenvalue weighted by Gasteiger charge is 2.39. The Balaban J connectivity index is 1.90. The van der Waals surface area contributed by atoms with E-state index in [-0.39, 0.29) is 5.92 Å². The van der Waals surface area contributed by atoms with Gasteiger partial charge in [-0.15, -0.1) is 11.3 Å². The summed E-state index contributed by atoms with van der Waals surface area (Å²) in [7, 11) is 0. The molecule has 3 rings (SSSR count). The number of hydrogen-bond acceptors (Lipinski definition) is 4. The van der Waals surface area contributed by atoms with Gasteiger partial charge in [-0.1, -0.05) is 0 Å². The van der Waals surface area contributed by atoms with Crippen molar-refractivity contribution in [1.29, 1.82) is 0 Å². The summed E-state index contributed by atoms with van der Waals surface area (Å²) in [6.45, 7) is 5.39. The second kappa shape index (κ2) is 5.30. The zero-order chi connectivity index (χ0) is 15.0. The molecule has 1 aliphatic heterocycles. The van der Waals surface area contributed by atoms with Crippen molar-refractivity contribution in [2.75, 3.05) is 18.0 Å². The summed E-state index contributed by atoms with van der Waals surface area (Å²) in [6, 6.07) is 4.14. The zero-order valence-electron chi connectivity index (χ0n) is 12.4. The number of carbonyl (C=O) groups is 1. The zero-order valence-corrected chi connectivity index (χ0v) is 13.2. The van der Waals surface area contributed by atoms with Crippen LogP contribution in [0.4, 0.5) is 5.82 Å². The molecule has 4 nitrogen and oxygen atoms in total. The van der Waals surface area contributed by atoms with Crippen molar-refractivity contribution in [3.8, 4) is 0 Å². The van der Waals surface area contributed by atoms with Gasteiger partial charge in [0.05, 0.1) is 5.41 Å². The molecule has 3 heterocycles. The Morgan fingerprint density at radius 3 is 3.05 bits per heavy atom. The van der Waals surface area contributed by atoms with Crippen LogP contribution in [0.1, 0.15) is 26.7 Å². The molecule has 2 aromatic rings. The number of thiophene rings is 1. The monoisotopic (exact) mass is 304 g/mol. The molecule has 0 bridgehead atoms. The van der Waals surface area contributed by atoms with Crippen LogP contribution in [0.3, 0.4) is 0 Å². The van der Waals surface area contributed by atoms with E-state index in [1.54, 1.807) is 11.3 Å². The first-order valence-electron chi connectivity index (χ1n) is 7.30. The lowest BCUT2D eigenvalue weighted by atomic mass is 9.74. The Morgan fingerprint density at radius 1 is 1.48 bits per heavy atom. The number of fused-ring (bicyclic) bond motifs is 1. The van der Waals surface area contributed by atoms with Crippen LogP contribution >= 0.6 is 11.3 Å². The predicted molar refractivity (Wildman–Crippen MR) is 86.0 cm³/mol. The van der Waals surface area contributed by atoms with Gasteiger partial charge < -0.3 is 10.0 Å². The van der Waals surface area contributed by atoms with Crippen molar-refractivity contribution in [3.05, 3.63) is 23.7 Å². The maximum atomic E-state index is 11.5. The van der Waals surface area contributed by atoms with Crippen LogP contribution < -0.4 is 4.90 Å². The second-order valence-electron chi connectivity index (χ2n) is 6.28. The van der Waals surface area contributed by atoms with E-state index < -0.39 is 11.4 Å². The van der Waals surface area contributed by atoms with Crippen LogP contribution in [0.2, 0.25) is 0 Å². The standard InChI is InChI=1S/C16H20N2O2S/c1-16(2,15(19)20)11-4-3-8-18(10-11)14-12-6-9-21-13(12)5-7-17-14/h5-7,9,11H,3-4,8,10H2,1-2H3,(H,19,20). The van der Waals surface area contributed by atoms with E-state index in [0.717, 1.165) is 31.7 Å². The number of rotatable bonds is 3. The average molecular weight is 304 g/mol. The molecule has 0 saturated carbocycles. The van der Waals surface area contributed by atoms with Crippen LogP contribution in [0.15, 0.2) is 23.7 Å². The average Bonchev–Trinajstić information content (AvgIpc) is 2.95. The quantitative estimate of drug-likeness (QED) is 0.941. The van der Waals surface area contributed by atoms with Crippen molar-refractivity contribution in [1.82, 2.24) is 4.98 Å².